The molecule has 0 bridgehead atoms. The molecule has 0 spiro atoms. The van der Waals surface area contributed by atoms with Crippen molar-refractivity contribution in [1.29, 1.82) is 5.26 Å². The Morgan fingerprint density at radius 1 is 1.22 bits per heavy atom. The lowest BCUT2D eigenvalue weighted by atomic mass is 9.98. The number of benzene rings is 2. The van der Waals surface area contributed by atoms with Crippen molar-refractivity contribution >= 4 is 28.6 Å². The molecule has 0 aromatic heterocycles. The predicted octanol–water partition coefficient (Wildman–Crippen LogP) is 3.56. The maximum absolute atomic E-state index is 12.1. The van der Waals surface area contributed by atoms with Gasteiger partial charge in [0, 0.05) is 5.56 Å². The van der Waals surface area contributed by atoms with E-state index in [1.807, 2.05) is 42.8 Å². The Kier molecular flexibility index (Phi) is 5.78. The second kappa shape index (κ2) is 8.01. The first kappa shape index (κ1) is 16.6. The van der Waals surface area contributed by atoms with E-state index in [2.05, 4.69) is 10.3 Å². The van der Waals surface area contributed by atoms with E-state index in [1.54, 1.807) is 18.2 Å². The predicted molar refractivity (Wildman–Crippen MR) is 92.6 cm³/mol. The number of hydrogen-bond acceptors (Lipinski definition) is 5. The van der Waals surface area contributed by atoms with Crippen molar-refractivity contribution in [1.82, 2.24) is 5.32 Å². The first-order valence-electron chi connectivity index (χ1n) is 6.75. The smallest absolute Gasteiger partial charge is 0.338 e. The summed E-state index contributed by atoms with van der Waals surface area (Å²) in [6, 6.07) is 14.7. The molecule has 0 heterocycles. The normalized spacial score (nSPS) is 10.7. The monoisotopic (exact) mass is 325 g/mol. The van der Waals surface area contributed by atoms with E-state index in [1.165, 1.54) is 18.9 Å². The highest BCUT2D eigenvalue weighted by atomic mass is 32.2. The first-order chi connectivity index (χ1) is 11.2. The fourth-order valence-corrected chi connectivity index (χ4v) is 2.44. The average Bonchev–Trinajstić information content (AvgIpc) is 2.61. The lowest BCUT2D eigenvalue weighted by Gasteiger charge is -2.12. The molecule has 0 radical (unpaired) electrons. The Bertz CT molecular complexity index is 767. The molecule has 2 rings (SSSR count). The van der Waals surface area contributed by atoms with Crippen LogP contribution in [0.1, 0.15) is 10.4 Å². The van der Waals surface area contributed by atoms with Crippen LogP contribution in [-0.4, -0.2) is 24.5 Å². The molecule has 5 nitrogen and oxygen atoms in total. The number of amidine groups is 1. The maximum atomic E-state index is 12.1. The molecular formula is C17H15N3O2S. The van der Waals surface area contributed by atoms with E-state index in [9.17, 15) is 4.79 Å². The topological polar surface area (TPSA) is 74.5 Å². The third-order valence-electron chi connectivity index (χ3n) is 3.09. The molecule has 2 aromatic rings. The van der Waals surface area contributed by atoms with Crippen molar-refractivity contribution in [3.05, 3.63) is 54.1 Å². The van der Waals surface area contributed by atoms with E-state index >= 15 is 0 Å². The Labute approximate surface area is 139 Å². The van der Waals surface area contributed by atoms with Crippen LogP contribution in [0.4, 0.5) is 5.69 Å². The summed E-state index contributed by atoms with van der Waals surface area (Å²) in [7, 11) is 1.34. The van der Waals surface area contributed by atoms with Gasteiger partial charge < -0.3 is 4.74 Å². The molecule has 0 saturated heterocycles. The largest absolute Gasteiger partial charge is 0.465 e. The van der Waals surface area contributed by atoms with Crippen molar-refractivity contribution in [3.63, 3.8) is 0 Å². The van der Waals surface area contributed by atoms with Crippen molar-refractivity contribution < 1.29 is 9.53 Å². The molecule has 23 heavy (non-hydrogen) atoms. The number of aliphatic imine (C=N–C) groups is 1. The van der Waals surface area contributed by atoms with Gasteiger partial charge >= 0.3 is 5.97 Å². The van der Waals surface area contributed by atoms with Crippen LogP contribution in [0.2, 0.25) is 0 Å². The highest BCUT2D eigenvalue weighted by molar-refractivity contribution is 8.13. The van der Waals surface area contributed by atoms with E-state index in [4.69, 9.17) is 10.00 Å². The van der Waals surface area contributed by atoms with Gasteiger partial charge in [-0.25, -0.2) is 9.79 Å². The Morgan fingerprint density at radius 3 is 2.57 bits per heavy atom. The average molecular weight is 325 g/mol. The number of ether oxygens (including phenoxy) is 1. The van der Waals surface area contributed by atoms with Gasteiger partial charge in [0.25, 0.3) is 0 Å². The molecule has 0 aliphatic carbocycles. The number of esters is 1. The maximum Gasteiger partial charge on any atom is 0.338 e. The second-order valence-electron chi connectivity index (χ2n) is 4.42. The van der Waals surface area contributed by atoms with E-state index < -0.39 is 5.97 Å². The molecule has 0 amide bonds. The van der Waals surface area contributed by atoms with Crippen LogP contribution < -0.4 is 5.32 Å². The number of carbonyl (C=O) groups excluding carboxylic acids is 1. The standard InChI is InChI=1S/C17H15N3O2S/c1-22-16(21)13-9-6-10-14(20-17(23-2)19-11-18)15(13)12-7-4-3-5-8-12/h3-10H,1-2H3,(H,19,20). The van der Waals surface area contributed by atoms with Gasteiger partial charge in [-0.05, 0) is 24.0 Å². The van der Waals surface area contributed by atoms with Gasteiger partial charge in [-0.3, -0.25) is 5.32 Å². The van der Waals surface area contributed by atoms with Crippen LogP contribution >= 0.6 is 11.8 Å². The van der Waals surface area contributed by atoms with Crippen molar-refractivity contribution in [2.75, 3.05) is 13.4 Å². The number of hydrogen-bond donors (Lipinski definition) is 1. The van der Waals surface area contributed by atoms with Gasteiger partial charge in [0.15, 0.2) is 11.4 Å². The van der Waals surface area contributed by atoms with Crippen LogP contribution in [0, 0.1) is 11.5 Å². The molecular weight excluding hydrogens is 310 g/mol. The summed E-state index contributed by atoms with van der Waals surface area (Å²) >= 11 is 1.31. The lowest BCUT2D eigenvalue weighted by Crippen LogP contribution is -2.12. The van der Waals surface area contributed by atoms with Gasteiger partial charge in [0.05, 0.1) is 18.4 Å². The number of thioether (sulfide) groups is 1. The van der Waals surface area contributed by atoms with Gasteiger partial charge in [0.2, 0.25) is 0 Å². The Morgan fingerprint density at radius 2 is 1.96 bits per heavy atom. The summed E-state index contributed by atoms with van der Waals surface area (Å²) in [5, 5.41) is 11.8. The minimum absolute atomic E-state index is 0.428. The summed E-state index contributed by atoms with van der Waals surface area (Å²) in [6.45, 7) is 0. The zero-order valence-electron chi connectivity index (χ0n) is 12.7. The molecule has 116 valence electrons. The van der Waals surface area contributed by atoms with Crippen LogP contribution in [0.3, 0.4) is 0 Å². The highest BCUT2D eigenvalue weighted by Crippen LogP contribution is 2.34. The summed E-state index contributed by atoms with van der Waals surface area (Å²) in [5.41, 5.74) is 2.54. The molecule has 0 saturated carbocycles. The summed E-state index contributed by atoms with van der Waals surface area (Å²) in [6.07, 6.45) is 3.67. The third-order valence-corrected chi connectivity index (χ3v) is 3.67. The van der Waals surface area contributed by atoms with Gasteiger partial charge in [-0.1, -0.05) is 48.2 Å². The Hall–Kier alpha value is -2.78. The van der Waals surface area contributed by atoms with E-state index in [-0.39, 0.29) is 0 Å². The van der Waals surface area contributed by atoms with Gasteiger partial charge in [0.1, 0.15) is 0 Å². The highest BCUT2D eigenvalue weighted by Gasteiger charge is 2.17. The van der Waals surface area contributed by atoms with Gasteiger partial charge in [-0.15, -0.1) is 0 Å². The van der Waals surface area contributed by atoms with Gasteiger partial charge in [-0.2, -0.15) is 5.26 Å². The summed E-state index contributed by atoms with van der Waals surface area (Å²) in [5.74, 6) is -0.431. The molecule has 6 heteroatoms. The zero-order chi connectivity index (χ0) is 16.7. The molecule has 0 aliphatic rings. The molecule has 0 fully saturated rings. The van der Waals surface area contributed by atoms with Crippen molar-refractivity contribution in [2.45, 2.75) is 0 Å². The molecule has 2 aromatic carbocycles. The SMILES string of the molecule is COC(=O)c1cccc(N=C(NC#N)SC)c1-c1ccccc1. The van der Waals surface area contributed by atoms with E-state index in [0.717, 1.165) is 5.56 Å². The van der Waals surface area contributed by atoms with Crippen LogP contribution in [0.15, 0.2) is 53.5 Å². The Balaban J connectivity index is 2.68. The first-order valence-corrected chi connectivity index (χ1v) is 7.98. The number of nitrogens with one attached hydrogen (secondary N) is 1. The quantitative estimate of drug-likeness (QED) is 0.307. The summed E-state index contributed by atoms with van der Waals surface area (Å²) in [4.78, 5) is 16.6. The minimum atomic E-state index is -0.431. The minimum Gasteiger partial charge on any atom is -0.465 e. The fourth-order valence-electron chi connectivity index (χ4n) is 2.10. The van der Waals surface area contributed by atoms with Crippen LogP contribution in [0.25, 0.3) is 11.1 Å². The number of carbonyl (C=O) groups is 1. The molecule has 0 unspecified atom stereocenters. The van der Waals surface area contributed by atoms with Crippen LogP contribution in [0.5, 0.6) is 0 Å². The zero-order valence-corrected chi connectivity index (χ0v) is 13.6. The number of nitriles is 1. The fraction of sp³-hybridized carbons (Fsp3) is 0.118. The van der Waals surface area contributed by atoms with E-state index in [0.29, 0.717) is 22.0 Å². The number of nitrogens with zero attached hydrogens (tertiary/aromatic N) is 2. The molecule has 0 aliphatic heterocycles. The number of methoxy groups -OCH3 is 1. The molecule has 0 atom stereocenters. The van der Waals surface area contributed by atoms with Crippen molar-refractivity contribution in [3.8, 4) is 17.3 Å². The van der Waals surface area contributed by atoms with Crippen molar-refractivity contribution in [2.24, 2.45) is 4.99 Å². The molecule has 1 N–H and O–H groups in total. The van der Waals surface area contributed by atoms with Crippen LogP contribution in [-0.2, 0) is 4.74 Å². The number of rotatable bonds is 3. The second-order valence-corrected chi connectivity index (χ2v) is 5.21. The third kappa shape index (κ3) is 3.90. The lowest BCUT2D eigenvalue weighted by molar-refractivity contribution is 0.0601. The summed E-state index contributed by atoms with van der Waals surface area (Å²) < 4.78 is 4.87.